The lowest BCUT2D eigenvalue weighted by Gasteiger charge is -2.14. The fourth-order valence-electron chi connectivity index (χ4n) is 8.83. The second kappa shape index (κ2) is 10.3. The van der Waals surface area contributed by atoms with E-state index in [9.17, 15) is 0 Å². The summed E-state index contributed by atoms with van der Waals surface area (Å²) in [5.41, 5.74) is 12.9. The summed E-state index contributed by atoms with van der Waals surface area (Å²) in [6, 6.07) is 60.9. The van der Waals surface area contributed by atoms with Crippen LogP contribution in [0.2, 0.25) is 0 Å². The number of nitrogens with zero attached hydrogens (tertiary/aromatic N) is 4. The van der Waals surface area contributed by atoms with Crippen molar-refractivity contribution in [3.63, 3.8) is 0 Å². The van der Waals surface area contributed by atoms with Gasteiger partial charge in [0.05, 0.1) is 50.0 Å². The van der Waals surface area contributed by atoms with Gasteiger partial charge < -0.3 is 8.97 Å². The minimum absolute atomic E-state index is 0.878. The molecular formula is C48H28N4. The average Bonchev–Trinajstić information content (AvgIpc) is 3.85. The van der Waals surface area contributed by atoms with E-state index in [4.69, 9.17) is 9.97 Å². The van der Waals surface area contributed by atoms with Crippen molar-refractivity contribution in [3.05, 3.63) is 170 Å². The Morgan fingerprint density at radius 2 is 0.962 bits per heavy atom. The van der Waals surface area contributed by atoms with Crippen molar-refractivity contribution in [2.75, 3.05) is 0 Å². The van der Waals surface area contributed by atoms with Crippen LogP contribution in [0.15, 0.2) is 170 Å². The van der Waals surface area contributed by atoms with E-state index in [1.807, 2.05) is 24.3 Å². The third-order valence-corrected chi connectivity index (χ3v) is 11.0. The molecule has 4 nitrogen and oxygen atoms in total. The van der Waals surface area contributed by atoms with Crippen LogP contribution in [0.4, 0.5) is 0 Å². The van der Waals surface area contributed by atoms with Crippen molar-refractivity contribution < 1.29 is 0 Å². The Kier molecular flexibility index (Phi) is 5.47. The maximum Gasteiger partial charge on any atom is 0.0979 e. The molecule has 0 radical (unpaired) electrons. The summed E-state index contributed by atoms with van der Waals surface area (Å²) in [5, 5.41) is 10.1. The third kappa shape index (κ3) is 3.65. The molecule has 0 saturated carbocycles. The molecule has 0 amide bonds. The Balaban J connectivity index is 1.13. The van der Waals surface area contributed by atoms with Crippen molar-refractivity contribution in [3.8, 4) is 28.2 Å². The van der Waals surface area contributed by atoms with E-state index in [0.29, 0.717) is 0 Å². The molecule has 0 aliphatic carbocycles. The Hall–Kier alpha value is -7.04. The summed E-state index contributed by atoms with van der Waals surface area (Å²) in [7, 11) is 0. The van der Waals surface area contributed by atoms with Gasteiger partial charge in [0, 0.05) is 49.1 Å². The van der Waals surface area contributed by atoms with Gasteiger partial charge in [0.15, 0.2) is 0 Å². The zero-order valence-electron chi connectivity index (χ0n) is 28.0. The molecule has 240 valence electrons. The van der Waals surface area contributed by atoms with Crippen LogP contribution in [-0.4, -0.2) is 18.9 Å². The highest BCUT2D eigenvalue weighted by Crippen LogP contribution is 2.46. The van der Waals surface area contributed by atoms with Gasteiger partial charge in [0.25, 0.3) is 0 Å². The number of hydrogen-bond acceptors (Lipinski definition) is 2. The van der Waals surface area contributed by atoms with Crippen molar-refractivity contribution in [1.29, 1.82) is 0 Å². The molecule has 4 heterocycles. The number of rotatable bonds is 3. The van der Waals surface area contributed by atoms with Gasteiger partial charge in [-0.3, -0.25) is 0 Å². The van der Waals surface area contributed by atoms with E-state index in [-0.39, 0.29) is 0 Å². The zero-order chi connectivity index (χ0) is 33.9. The highest BCUT2D eigenvalue weighted by molar-refractivity contribution is 6.35. The molecular weight excluding hydrogens is 633 g/mol. The van der Waals surface area contributed by atoms with Crippen molar-refractivity contribution in [1.82, 2.24) is 18.9 Å². The van der Waals surface area contributed by atoms with Gasteiger partial charge in [-0.05, 0) is 59.3 Å². The van der Waals surface area contributed by atoms with Crippen LogP contribution in [0.5, 0.6) is 0 Å². The fraction of sp³-hybridized carbons (Fsp3) is 0. The predicted molar refractivity (Wildman–Crippen MR) is 217 cm³/mol. The SMILES string of the molecule is c1ccc2c(-c3nc4ccccc4nc3-c3ccc(-n4c5ccccc5c5c6c7ccccc7n7c8ccccc8c(cc54)c67)cc3)cccc2c1. The van der Waals surface area contributed by atoms with E-state index < -0.39 is 0 Å². The summed E-state index contributed by atoms with van der Waals surface area (Å²) < 4.78 is 4.91. The number of hydrogen-bond donors (Lipinski definition) is 0. The lowest BCUT2D eigenvalue weighted by Crippen LogP contribution is -1.97. The van der Waals surface area contributed by atoms with E-state index in [2.05, 4.69) is 155 Å². The van der Waals surface area contributed by atoms with Crippen LogP contribution in [0, 0.1) is 0 Å². The van der Waals surface area contributed by atoms with Gasteiger partial charge >= 0.3 is 0 Å². The molecule has 0 fully saturated rings. The molecule has 8 aromatic carbocycles. The summed E-state index contributed by atoms with van der Waals surface area (Å²) in [4.78, 5) is 10.5. The summed E-state index contributed by atoms with van der Waals surface area (Å²) in [6.45, 7) is 0. The number of fused-ring (bicyclic) bond motifs is 12. The lowest BCUT2D eigenvalue weighted by atomic mass is 9.98. The van der Waals surface area contributed by atoms with Gasteiger partial charge in [0.2, 0.25) is 0 Å². The molecule has 0 N–H and O–H groups in total. The predicted octanol–water partition coefficient (Wildman–Crippen LogP) is 12.4. The molecule has 0 bridgehead atoms. The van der Waals surface area contributed by atoms with Crippen LogP contribution >= 0.6 is 0 Å². The summed E-state index contributed by atoms with van der Waals surface area (Å²) in [5.74, 6) is 0. The molecule has 0 aliphatic heterocycles. The lowest BCUT2D eigenvalue weighted by molar-refractivity contribution is 1.18. The molecule has 0 atom stereocenters. The monoisotopic (exact) mass is 660 g/mol. The van der Waals surface area contributed by atoms with Crippen molar-refractivity contribution >= 4 is 81.7 Å². The largest absolute Gasteiger partial charge is 0.309 e. The molecule has 4 aromatic heterocycles. The minimum Gasteiger partial charge on any atom is -0.309 e. The molecule has 4 heteroatoms. The first kappa shape index (κ1) is 27.7. The quantitative estimate of drug-likeness (QED) is 0.189. The van der Waals surface area contributed by atoms with Gasteiger partial charge in [0.1, 0.15) is 0 Å². The minimum atomic E-state index is 0.878. The van der Waals surface area contributed by atoms with Crippen LogP contribution in [0.3, 0.4) is 0 Å². The number of benzene rings is 8. The normalized spacial score (nSPS) is 12.2. The first-order valence-electron chi connectivity index (χ1n) is 17.8. The van der Waals surface area contributed by atoms with E-state index >= 15 is 0 Å². The van der Waals surface area contributed by atoms with Gasteiger partial charge in [-0.25, -0.2) is 9.97 Å². The standard InChI is InChI=1S/C48H28N4/c1-2-14-32-29(12-1)13-11-18-34(32)47-46(49-38-19-6-7-20-39(38)50-47)30-24-26-31(27-25-30)51-41-22-9-4-16-35(41)44-43(51)28-37-33-15-3-8-21-40(33)52-42-23-10-5-17-36(42)45(44)48(37)52/h1-28H. The second-order valence-electron chi connectivity index (χ2n) is 13.7. The topological polar surface area (TPSA) is 35.1 Å². The smallest absolute Gasteiger partial charge is 0.0979 e. The van der Waals surface area contributed by atoms with Crippen LogP contribution in [0.1, 0.15) is 0 Å². The van der Waals surface area contributed by atoms with Gasteiger partial charge in [-0.1, -0.05) is 121 Å². The Morgan fingerprint density at radius 3 is 1.73 bits per heavy atom. The first-order valence-corrected chi connectivity index (χ1v) is 17.8. The first-order chi connectivity index (χ1) is 25.8. The summed E-state index contributed by atoms with van der Waals surface area (Å²) >= 11 is 0. The highest BCUT2D eigenvalue weighted by Gasteiger charge is 2.24. The highest BCUT2D eigenvalue weighted by atomic mass is 15.0. The van der Waals surface area contributed by atoms with Crippen molar-refractivity contribution in [2.45, 2.75) is 0 Å². The number of para-hydroxylation sites is 5. The van der Waals surface area contributed by atoms with E-state index in [1.54, 1.807) is 0 Å². The number of aromatic nitrogens is 4. The molecule has 0 aliphatic rings. The van der Waals surface area contributed by atoms with E-state index in [1.165, 1.54) is 70.7 Å². The maximum atomic E-state index is 5.26. The third-order valence-electron chi connectivity index (χ3n) is 11.0. The molecule has 0 spiro atoms. The average molecular weight is 661 g/mol. The molecule has 12 aromatic rings. The van der Waals surface area contributed by atoms with Crippen LogP contribution in [-0.2, 0) is 0 Å². The Bertz CT molecular complexity index is 3400. The van der Waals surface area contributed by atoms with E-state index in [0.717, 1.165) is 39.2 Å². The summed E-state index contributed by atoms with van der Waals surface area (Å²) in [6.07, 6.45) is 0. The van der Waals surface area contributed by atoms with Crippen molar-refractivity contribution in [2.24, 2.45) is 0 Å². The van der Waals surface area contributed by atoms with Gasteiger partial charge in [-0.15, -0.1) is 0 Å². The molecule has 52 heavy (non-hydrogen) atoms. The Morgan fingerprint density at radius 1 is 0.385 bits per heavy atom. The molecule has 0 saturated heterocycles. The van der Waals surface area contributed by atoms with Crippen LogP contribution in [0.25, 0.3) is 110 Å². The van der Waals surface area contributed by atoms with Gasteiger partial charge in [-0.2, -0.15) is 0 Å². The second-order valence-corrected chi connectivity index (χ2v) is 13.7. The zero-order valence-corrected chi connectivity index (χ0v) is 28.0. The fourth-order valence-corrected chi connectivity index (χ4v) is 8.83. The Labute approximate surface area is 297 Å². The molecule has 0 unspecified atom stereocenters. The maximum absolute atomic E-state index is 5.26. The molecule has 12 rings (SSSR count). The van der Waals surface area contributed by atoms with Crippen LogP contribution < -0.4 is 0 Å².